The zero-order chi connectivity index (χ0) is 17.0. The fourth-order valence-corrected chi connectivity index (χ4v) is 2.84. The summed E-state index contributed by atoms with van der Waals surface area (Å²) in [5.74, 6) is -0.0993. The van der Waals surface area contributed by atoms with E-state index in [1.807, 2.05) is 6.92 Å². The monoisotopic (exact) mass is 324 g/mol. The number of hydrogen-bond donors (Lipinski definition) is 0. The van der Waals surface area contributed by atoms with Crippen LogP contribution in [0.3, 0.4) is 0 Å². The second kappa shape index (κ2) is 19.3. The average molecular weight is 325 g/mol. The lowest BCUT2D eigenvalue weighted by Crippen LogP contribution is -1.98. The molecule has 0 aliphatic heterocycles. The minimum Gasteiger partial charge on any atom is -0.435 e. The van der Waals surface area contributed by atoms with Gasteiger partial charge in [-0.1, -0.05) is 103 Å². The number of carbonyl (C=O) groups excluding carboxylic acids is 1. The minimum absolute atomic E-state index is 0.0993. The van der Waals surface area contributed by atoms with Crippen molar-refractivity contribution in [3.63, 3.8) is 0 Å². The second-order valence-electron chi connectivity index (χ2n) is 6.66. The molecule has 0 aromatic rings. The zero-order valence-corrected chi connectivity index (χ0v) is 15.8. The average Bonchev–Trinajstić information content (AvgIpc) is 2.56. The number of ether oxygens (including phenoxy) is 1. The van der Waals surface area contributed by atoms with Crippen LogP contribution in [-0.4, -0.2) is 5.97 Å². The van der Waals surface area contributed by atoms with Gasteiger partial charge in [0, 0.05) is 6.42 Å². The van der Waals surface area contributed by atoms with Crippen molar-refractivity contribution in [1.29, 1.82) is 0 Å². The van der Waals surface area contributed by atoms with Crippen LogP contribution in [0.1, 0.15) is 117 Å². The van der Waals surface area contributed by atoms with Crippen LogP contribution in [0, 0.1) is 0 Å². The molecule has 2 nitrogen and oxygen atoms in total. The molecular formula is C21H40O2. The molecule has 0 rings (SSSR count). The Labute approximate surface area is 145 Å². The topological polar surface area (TPSA) is 26.3 Å². The first-order valence-electron chi connectivity index (χ1n) is 10.1. The Hall–Kier alpha value is -0.790. The van der Waals surface area contributed by atoms with Gasteiger partial charge < -0.3 is 4.74 Å². The van der Waals surface area contributed by atoms with Crippen molar-refractivity contribution in [3.05, 3.63) is 12.3 Å². The maximum atomic E-state index is 11.3. The van der Waals surface area contributed by atoms with Crippen molar-refractivity contribution in [2.24, 2.45) is 0 Å². The van der Waals surface area contributed by atoms with E-state index in [0.717, 1.165) is 12.8 Å². The summed E-state index contributed by atoms with van der Waals surface area (Å²) < 4.78 is 4.89. The number of hydrogen-bond acceptors (Lipinski definition) is 2. The number of rotatable bonds is 17. The van der Waals surface area contributed by atoms with Gasteiger partial charge in [0.15, 0.2) is 0 Å². The first-order valence-corrected chi connectivity index (χ1v) is 10.1. The van der Waals surface area contributed by atoms with Crippen molar-refractivity contribution in [2.45, 2.75) is 117 Å². The third-order valence-electron chi connectivity index (χ3n) is 4.32. The molecule has 0 aromatic heterocycles. The summed E-state index contributed by atoms with van der Waals surface area (Å²) in [5.41, 5.74) is 0. The molecule has 0 spiro atoms. The predicted octanol–water partition coefficient (Wildman–Crippen LogP) is 7.32. The molecule has 0 N–H and O–H groups in total. The Bertz CT molecular complexity index is 271. The van der Waals surface area contributed by atoms with Crippen LogP contribution in [0.25, 0.3) is 0 Å². The Balaban J connectivity index is 3.06. The van der Waals surface area contributed by atoms with E-state index in [-0.39, 0.29) is 5.97 Å². The van der Waals surface area contributed by atoms with E-state index in [9.17, 15) is 4.79 Å². The van der Waals surface area contributed by atoms with Crippen LogP contribution in [-0.2, 0) is 9.53 Å². The normalized spacial score (nSPS) is 11.2. The standard InChI is InChI=1S/C21H40O2/c1-3-5-6-7-8-9-10-11-12-13-14-15-16-17-18-19-21(22)23-20-4-2/h4,20H,3,5-19H2,1-2H3/b20-4+. The van der Waals surface area contributed by atoms with Gasteiger partial charge in [0.1, 0.15) is 0 Å². The van der Waals surface area contributed by atoms with Crippen LogP contribution in [0.15, 0.2) is 12.3 Å². The Morgan fingerprint density at radius 3 is 1.48 bits per heavy atom. The highest BCUT2D eigenvalue weighted by atomic mass is 16.5. The SMILES string of the molecule is C/C=C/OC(=O)CCCCCCCCCCCCCCCCC. The lowest BCUT2D eigenvalue weighted by atomic mass is 10.0. The van der Waals surface area contributed by atoms with E-state index in [2.05, 4.69) is 6.92 Å². The largest absolute Gasteiger partial charge is 0.435 e. The molecule has 0 aliphatic rings. The van der Waals surface area contributed by atoms with Gasteiger partial charge in [-0.3, -0.25) is 4.79 Å². The number of allylic oxidation sites excluding steroid dienone is 1. The van der Waals surface area contributed by atoms with Crippen molar-refractivity contribution < 1.29 is 9.53 Å². The molecule has 0 amide bonds. The van der Waals surface area contributed by atoms with Crippen molar-refractivity contribution >= 4 is 5.97 Å². The molecule has 0 heterocycles. The zero-order valence-electron chi connectivity index (χ0n) is 15.8. The Kier molecular flexibility index (Phi) is 18.6. The third-order valence-corrected chi connectivity index (χ3v) is 4.32. The number of unbranched alkanes of at least 4 members (excludes halogenated alkanes) is 14. The van der Waals surface area contributed by atoms with Crippen LogP contribution in [0.4, 0.5) is 0 Å². The van der Waals surface area contributed by atoms with Crippen LogP contribution < -0.4 is 0 Å². The molecule has 0 bridgehead atoms. The molecule has 0 unspecified atom stereocenters. The van der Waals surface area contributed by atoms with Crippen LogP contribution in [0.2, 0.25) is 0 Å². The highest BCUT2D eigenvalue weighted by molar-refractivity contribution is 5.69. The highest BCUT2D eigenvalue weighted by Crippen LogP contribution is 2.13. The summed E-state index contributed by atoms with van der Waals surface area (Å²) in [4.78, 5) is 11.3. The minimum atomic E-state index is -0.0993. The molecular weight excluding hydrogens is 284 g/mol. The van der Waals surface area contributed by atoms with E-state index in [1.165, 1.54) is 89.7 Å². The van der Waals surface area contributed by atoms with E-state index in [1.54, 1.807) is 6.08 Å². The summed E-state index contributed by atoms with van der Waals surface area (Å²) in [6, 6.07) is 0. The lowest BCUT2D eigenvalue weighted by Gasteiger charge is -2.03. The summed E-state index contributed by atoms with van der Waals surface area (Å²) >= 11 is 0. The van der Waals surface area contributed by atoms with Gasteiger partial charge in [-0.25, -0.2) is 0 Å². The Morgan fingerprint density at radius 1 is 0.696 bits per heavy atom. The highest BCUT2D eigenvalue weighted by Gasteiger charge is 2.00. The molecule has 0 aliphatic carbocycles. The van der Waals surface area contributed by atoms with E-state index >= 15 is 0 Å². The van der Waals surface area contributed by atoms with Gasteiger partial charge in [0.05, 0.1) is 6.26 Å². The maximum Gasteiger partial charge on any atom is 0.310 e. The summed E-state index contributed by atoms with van der Waals surface area (Å²) in [7, 11) is 0. The first kappa shape index (κ1) is 22.2. The molecule has 23 heavy (non-hydrogen) atoms. The van der Waals surface area contributed by atoms with Crippen molar-refractivity contribution in [1.82, 2.24) is 0 Å². The molecule has 0 saturated carbocycles. The molecule has 0 atom stereocenters. The summed E-state index contributed by atoms with van der Waals surface area (Å²) in [6.07, 6.45) is 24.0. The van der Waals surface area contributed by atoms with Gasteiger partial charge in [-0.2, -0.15) is 0 Å². The van der Waals surface area contributed by atoms with Gasteiger partial charge in [0.25, 0.3) is 0 Å². The molecule has 0 aromatic carbocycles. The fraction of sp³-hybridized carbons (Fsp3) is 0.857. The van der Waals surface area contributed by atoms with E-state index in [0.29, 0.717) is 6.42 Å². The number of esters is 1. The molecule has 0 fully saturated rings. The van der Waals surface area contributed by atoms with Gasteiger partial charge in [0.2, 0.25) is 0 Å². The van der Waals surface area contributed by atoms with Gasteiger partial charge >= 0.3 is 5.97 Å². The van der Waals surface area contributed by atoms with E-state index < -0.39 is 0 Å². The van der Waals surface area contributed by atoms with E-state index in [4.69, 9.17) is 4.74 Å². The maximum absolute atomic E-state index is 11.3. The summed E-state index contributed by atoms with van der Waals surface area (Å²) in [5, 5.41) is 0. The molecule has 0 saturated heterocycles. The van der Waals surface area contributed by atoms with Gasteiger partial charge in [-0.15, -0.1) is 0 Å². The summed E-state index contributed by atoms with van der Waals surface area (Å²) in [6.45, 7) is 4.13. The smallest absolute Gasteiger partial charge is 0.310 e. The second-order valence-corrected chi connectivity index (χ2v) is 6.66. The lowest BCUT2D eigenvalue weighted by molar-refractivity contribution is -0.138. The van der Waals surface area contributed by atoms with Crippen LogP contribution in [0.5, 0.6) is 0 Å². The predicted molar refractivity (Wildman–Crippen MR) is 100 cm³/mol. The van der Waals surface area contributed by atoms with Gasteiger partial charge in [-0.05, 0) is 13.3 Å². The first-order chi connectivity index (χ1) is 11.3. The van der Waals surface area contributed by atoms with Crippen LogP contribution >= 0.6 is 0 Å². The third kappa shape index (κ3) is 19.2. The Morgan fingerprint density at radius 2 is 1.09 bits per heavy atom. The van der Waals surface area contributed by atoms with Crippen molar-refractivity contribution in [2.75, 3.05) is 0 Å². The number of carbonyl (C=O) groups is 1. The molecule has 0 radical (unpaired) electrons. The molecule has 136 valence electrons. The molecule has 2 heteroatoms. The van der Waals surface area contributed by atoms with Crippen molar-refractivity contribution in [3.8, 4) is 0 Å². The fourth-order valence-electron chi connectivity index (χ4n) is 2.84. The quantitative estimate of drug-likeness (QED) is 0.159.